The number of hydrogen-bond acceptors (Lipinski definition) is 5. The molecular weight excluding hydrogens is 324 g/mol. The second-order valence-electron chi connectivity index (χ2n) is 6.40. The molecule has 0 unspecified atom stereocenters. The van der Waals surface area contributed by atoms with Crippen LogP contribution in [0.1, 0.15) is 31.2 Å². The van der Waals surface area contributed by atoms with E-state index in [2.05, 4.69) is 5.48 Å². The summed E-state index contributed by atoms with van der Waals surface area (Å²) >= 11 is 0. The molecule has 7 heteroatoms. The van der Waals surface area contributed by atoms with Crippen LogP contribution in [-0.2, 0) is 25.7 Å². The number of methoxy groups -OCH3 is 1. The SMILES string of the molecule is COc1ccc(CN2C[C@H](C(=O)NO[C@@H]3CCCCO3)CC2=O)cc1. The molecule has 2 heterocycles. The fraction of sp³-hybridized carbons (Fsp3) is 0.556. The highest BCUT2D eigenvalue weighted by atomic mass is 16.8. The van der Waals surface area contributed by atoms with Crippen molar-refractivity contribution in [1.82, 2.24) is 10.4 Å². The first-order chi connectivity index (χ1) is 12.2. The zero-order valence-electron chi connectivity index (χ0n) is 14.4. The number of hydroxylamine groups is 1. The Labute approximate surface area is 147 Å². The molecule has 7 nitrogen and oxygen atoms in total. The number of carbonyl (C=O) groups is 2. The van der Waals surface area contributed by atoms with Crippen LogP contribution in [0.4, 0.5) is 0 Å². The van der Waals surface area contributed by atoms with Crippen molar-refractivity contribution >= 4 is 11.8 Å². The minimum absolute atomic E-state index is 0.0233. The fourth-order valence-electron chi connectivity index (χ4n) is 3.06. The van der Waals surface area contributed by atoms with Gasteiger partial charge < -0.3 is 14.4 Å². The van der Waals surface area contributed by atoms with Crippen molar-refractivity contribution in [3.8, 4) is 5.75 Å². The number of nitrogens with zero attached hydrogens (tertiary/aromatic N) is 1. The van der Waals surface area contributed by atoms with Gasteiger partial charge in [-0.1, -0.05) is 12.1 Å². The Balaban J connectivity index is 1.48. The molecule has 2 fully saturated rings. The molecule has 1 N–H and O–H groups in total. The van der Waals surface area contributed by atoms with Gasteiger partial charge in [0.2, 0.25) is 11.8 Å². The largest absolute Gasteiger partial charge is 0.497 e. The van der Waals surface area contributed by atoms with E-state index in [1.54, 1.807) is 12.0 Å². The van der Waals surface area contributed by atoms with Crippen LogP contribution >= 0.6 is 0 Å². The van der Waals surface area contributed by atoms with E-state index in [0.29, 0.717) is 19.7 Å². The van der Waals surface area contributed by atoms with Crippen molar-refractivity contribution in [2.75, 3.05) is 20.3 Å². The number of nitrogens with one attached hydrogen (secondary N) is 1. The highest BCUT2D eigenvalue weighted by Gasteiger charge is 2.34. The predicted molar refractivity (Wildman–Crippen MR) is 89.3 cm³/mol. The molecule has 2 atom stereocenters. The van der Waals surface area contributed by atoms with Gasteiger partial charge in [0.25, 0.3) is 0 Å². The van der Waals surface area contributed by atoms with E-state index in [-0.39, 0.29) is 24.5 Å². The van der Waals surface area contributed by atoms with Gasteiger partial charge in [0.15, 0.2) is 6.29 Å². The van der Waals surface area contributed by atoms with Gasteiger partial charge in [-0.15, -0.1) is 0 Å². The van der Waals surface area contributed by atoms with Crippen molar-refractivity contribution in [3.05, 3.63) is 29.8 Å². The second kappa shape index (κ2) is 8.31. The van der Waals surface area contributed by atoms with Crippen LogP contribution in [0.5, 0.6) is 5.75 Å². The van der Waals surface area contributed by atoms with E-state index in [4.69, 9.17) is 14.3 Å². The van der Waals surface area contributed by atoms with Gasteiger partial charge >= 0.3 is 0 Å². The zero-order chi connectivity index (χ0) is 17.6. The summed E-state index contributed by atoms with van der Waals surface area (Å²) in [6.07, 6.45) is 2.64. The first kappa shape index (κ1) is 17.7. The highest BCUT2D eigenvalue weighted by Crippen LogP contribution is 2.22. The lowest BCUT2D eigenvalue weighted by molar-refractivity contribution is -0.202. The minimum Gasteiger partial charge on any atom is -0.497 e. The smallest absolute Gasteiger partial charge is 0.249 e. The van der Waals surface area contributed by atoms with E-state index in [0.717, 1.165) is 30.6 Å². The molecule has 0 bridgehead atoms. The maximum absolute atomic E-state index is 12.2. The van der Waals surface area contributed by atoms with Crippen LogP contribution < -0.4 is 10.2 Å². The lowest BCUT2D eigenvalue weighted by Gasteiger charge is -2.23. The lowest BCUT2D eigenvalue weighted by atomic mass is 10.1. The van der Waals surface area contributed by atoms with Gasteiger partial charge in [-0.05, 0) is 30.5 Å². The van der Waals surface area contributed by atoms with E-state index in [9.17, 15) is 9.59 Å². The van der Waals surface area contributed by atoms with Crippen molar-refractivity contribution in [1.29, 1.82) is 0 Å². The van der Waals surface area contributed by atoms with Crippen LogP contribution in [0.3, 0.4) is 0 Å². The molecule has 0 saturated carbocycles. The van der Waals surface area contributed by atoms with E-state index in [1.165, 1.54) is 0 Å². The molecule has 25 heavy (non-hydrogen) atoms. The molecule has 136 valence electrons. The average molecular weight is 348 g/mol. The molecule has 1 aromatic carbocycles. The fourth-order valence-corrected chi connectivity index (χ4v) is 3.06. The van der Waals surface area contributed by atoms with E-state index >= 15 is 0 Å². The van der Waals surface area contributed by atoms with E-state index in [1.807, 2.05) is 24.3 Å². The van der Waals surface area contributed by atoms with Gasteiger partial charge in [-0.3, -0.25) is 9.59 Å². The summed E-state index contributed by atoms with van der Waals surface area (Å²) in [5.41, 5.74) is 3.46. The third-order valence-electron chi connectivity index (χ3n) is 4.55. The zero-order valence-corrected chi connectivity index (χ0v) is 14.4. The van der Waals surface area contributed by atoms with Gasteiger partial charge in [-0.2, -0.15) is 0 Å². The highest BCUT2D eigenvalue weighted by molar-refractivity contribution is 5.88. The summed E-state index contributed by atoms with van der Waals surface area (Å²) in [6.45, 7) is 1.53. The molecule has 0 aliphatic carbocycles. The third-order valence-corrected chi connectivity index (χ3v) is 4.55. The number of hydrogen-bond donors (Lipinski definition) is 1. The minimum atomic E-state index is -0.394. The number of rotatable bonds is 6. The normalized spacial score (nSPS) is 23.6. The van der Waals surface area contributed by atoms with Crippen LogP contribution in [-0.4, -0.2) is 43.3 Å². The Morgan fingerprint density at radius 3 is 2.80 bits per heavy atom. The number of benzene rings is 1. The number of likely N-dealkylation sites (tertiary alicyclic amines) is 1. The van der Waals surface area contributed by atoms with Crippen molar-refractivity contribution in [2.24, 2.45) is 5.92 Å². The average Bonchev–Trinajstić information content (AvgIpc) is 3.02. The van der Waals surface area contributed by atoms with Crippen LogP contribution in [0.2, 0.25) is 0 Å². The molecule has 2 aliphatic heterocycles. The van der Waals surface area contributed by atoms with E-state index < -0.39 is 5.92 Å². The van der Waals surface area contributed by atoms with Crippen LogP contribution in [0, 0.1) is 5.92 Å². The summed E-state index contributed by atoms with van der Waals surface area (Å²) in [6, 6.07) is 7.56. The summed E-state index contributed by atoms with van der Waals surface area (Å²) in [7, 11) is 1.61. The van der Waals surface area contributed by atoms with Gasteiger partial charge in [0.05, 0.1) is 13.0 Å². The Kier molecular flexibility index (Phi) is 5.88. The van der Waals surface area contributed by atoms with Gasteiger partial charge in [0, 0.05) is 32.5 Å². The van der Waals surface area contributed by atoms with Crippen molar-refractivity contribution in [2.45, 2.75) is 38.5 Å². The molecular formula is C18H24N2O5. The Bertz CT molecular complexity index is 598. The summed E-state index contributed by atoms with van der Waals surface area (Å²) < 4.78 is 10.5. The van der Waals surface area contributed by atoms with Crippen LogP contribution in [0.15, 0.2) is 24.3 Å². The standard InChI is InChI=1S/C18H24N2O5/c1-23-15-7-5-13(6-8-15)11-20-12-14(10-16(20)21)18(22)19-25-17-4-2-3-9-24-17/h5-8,14,17H,2-4,9-12H2,1H3,(H,19,22)/t14-,17-/m1/s1. The molecule has 2 aliphatic rings. The lowest BCUT2D eigenvalue weighted by Crippen LogP contribution is -2.37. The predicted octanol–water partition coefficient (Wildman–Crippen LogP) is 1.62. The molecule has 0 spiro atoms. The second-order valence-corrected chi connectivity index (χ2v) is 6.40. The summed E-state index contributed by atoms with van der Waals surface area (Å²) in [5.74, 6) is 0.0924. The first-order valence-corrected chi connectivity index (χ1v) is 8.63. The summed E-state index contributed by atoms with van der Waals surface area (Å²) in [5, 5.41) is 0. The monoisotopic (exact) mass is 348 g/mol. The number of carbonyl (C=O) groups excluding carboxylic acids is 2. The topological polar surface area (TPSA) is 77.1 Å². The summed E-state index contributed by atoms with van der Waals surface area (Å²) in [4.78, 5) is 31.4. The molecule has 3 rings (SSSR count). The Morgan fingerprint density at radius 2 is 2.12 bits per heavy atom. The number of amides is 2. The maximum Gasteiger partial charge on any atom is 0.249 e. The van der Waals surface area contributed by atoms with Crippen LogP contribution in [0.25, 0.3) is 0 Å². The Hall–Kier alpha value is -2.12. The molecule has 1 aromatic rings. The molecule has 0 aromatic heterocycles. The quantitative estimate of drug-likeness (QED) is 0.791. The molecule has 2 saturated heterocycles. The maximum atomic E-state index is 12.2. The van der Waals surface area contributed by atoms with Gasteiger partial charge in [-0.25, -0.2) is 10.3 Å². The first-order valence-electron chi connectivity index (χ1n) is 8.63. The third kappa shape index (κ3) is 4.70. The van der Waals surface area contributed by atoms with Gasteiger partial charge in [0.1, 0.15) is 5.75 Å². The molecule has 0 radical (unpaired) electrons. The van der Waals surface area contributed by atoms with Crippen molar-refractivity contribution < 1.29 is 23.9 Å². The number of ether oxygens (including phenoxy) is 2. The Morgan fingerprint density at radius 1 is 1.32 bits per heavy atom. The molecule has 2 amide bonds. The van der Waals surface area contributed by atoms with Crippen molar-refractivity contribution in [3.63, 3.8) is 0 Å².